The van der Waals surface area contributed by atoms with E-state index in [1.165, 1.54) is 18.7 Å². The van der Waals surface area contributed by atoms with Crippen LogP contribution in [0.4, 0.5) is 8.78 Å². The predicted octanol–water partition coefficient (Wildman–Crippen LogP) is 3.56. The number of nitrogens with one attached hydrogen (secondary N) is 2. The Bertz CT molecular complexity index is 679. The molecule has 0 bridgehead atoms. The lowest BCUT2D eigenvalue weighted by Gasteiger charge is -2.34. The molecule has 0 aromatic heterocycles. The van der Waals surface area contributed by atoms with Crippen LogP contribution >= 0.6 is 0 Å². The number of ether oxygens (including phenoxy) is 1. The minimum atomic E-state index is -0.892. The summed E-state index contributed by atoms with van der Waals surface area (Å²) in [6, 6.07) is 13.0. The second kappa shape index (κ2) is 7.73. The molecule has 0 spiro atoms. The third kappa shape index (κ3) is 3.74. The fraction of sp³-hybridized carbons (Fsp3) is 0.368. The van der Waals surface area contributed by atoms with Crippen molar-refractivity contribution in [3.05, 3.63) is 65.2 Å². The van der Waals surface area contributed by atoms with Gasteiger partial charge in [-0.15, -0.1) is 0 Å². The summed E-state index contributed by atoms with van der Waals surface area (Å²) in [6.45, 7) is 1.41. The number of hydrogen-bond acceptors (Lipinski definition) is 3. The molecule has 1 aliphatic heterocycles. The van der Waals surface area contributed by atoms with Crippen LogP contribution in [0, 0.1) is 11.6 Å². The molecule has 3 rings (SSSR count). The van der Waals surface area contributed by atoms with E-state index in [9.17, 15) is 8.78 Å². The largest absolute Gasteiger partial charge is 0.496 e. The van der Waals surface area contributed by atoms with Gasteiger partial charge in [0, 0.05) is 30.3 Å². The number of benzene rings is 2. The summed E-state index contributed by atoms with van der Waals surface area (Å²) < 4.78 is 32.0. The molecule has 1 heterocycles. The van der Waals surface area contributed by atoms with E-state index >= 15 is 0 Å². The molecular weight excluding hydrogens is 310 g/mol. The second-order valence-corrected chi connectivity index (χ2v) is 6.05. The van der Waals surface area contributed by atoms with Crippen molar-refractivity contribution in [3.8, 4) is 5.75 Å². The second-order valence-electron chi connectivity index (χ2n) is 6.05. The van der Waals surface area contributed by atoms with E-state index < -0.39 is 11.6 Å². The molecule has 24 heavy (non-hydrogen) atoms. The Hall–Kier alpha value is -1.98. The average molecular weight is 332 g/mol. The Morgan fingerprint density at radius 2 is 1.92 bits per heavy atom. The van der Waals surface area contributed by atoms with Crippen LogP contribution < -0.4 is 15.4 Å². The summed E-state index contributed by atoms with van der Waals surface area (Å²) in [7, 11) is 1.46. The Morgan fingerprint density at radius 3 is 2.67 bits per heavy atom. The quantitative estimate of drug-likeness (QED) is 0.878. The van der Waals surface area contributed by atoms with Crippen molar-refractivity contribution in [2.75, 3.05) is 13.7 Å². The highest BCUT2D eigenvalue weighted by Crippen LogP contribution is 2.26. The van der Waals surface area contributed by atoms with Crippen molar-refractivity contribution in [1.29, 1.82) is 0 Å². The third-order valence-corrected chi connectivity index (χ3v) is 4.50. The van der Waals surface area contributed by atoms with Gasteiger partial charge in [0.1, 0.15) is 5.75 Å². The summed E-state index contributed by atoms with van der Waals surface area (Å²) in [5.41, 5.74) is 1.85. The van der Waals surface area contributed by atoms with Crippen molar-refractivity contribution in [3.63, 3.8) is 0 Å². The molecule has 1 saturated heterocycles. The molecule has 0 unspecified atom stereocenters. The van der Waals surface area contributed by atoms with Gasteiger partial charge in [-0.05, 0) is 31.0 Å². The van der Waals surface area contributed by atoms with Gasteiger partial charge in [0.15, 0.2) is 11.6 Å². The molecular formula is C19H22F2N2O. The fourth-order valence-electron chi connectivity index (χ4n) is 3.26. The summed E-state index contributed by atoms with van der Waals surface area (Å²) in [5.74, 6) is -1.38. The molecule has 2 aromatic rings. The van der Waals surface area contributed by atoms with Gasteiger partial charge >= 0.3 is 0 Å². The number of piperidine rings is 1. The number of hydrogen-bond donors (Lipinski definition) is 2. The first-order valence-corrected chi connectivity index (χ1v) is 8.22. The number of halogens is 2. The molecule has 0 aliphatic carbocycles. The SMILES string of the molecule is COc1cc(F)c(F)cc1CN[C@@H]1CCCN[C@@H]1c1ccccc1. The van der Waals surface area contributed by atoms with Crippen molar-refractivity contribution >= 4 is 0 Å². The molecule has 128 valence electrons. The van der Waals surface area contributed by atoms with Gasteiger partial charge in [-0.25, -0.2) is 8.78 Å². The first-order chi connectivity index (χ1) is 11.7. The van der Waals surface area contributed by atoms with Crippen LogP contribution in [0.3, 0.4) is 0 Å². The molecule has 2 N–H and O–H groups in total. The lowest BCUT2D eigenvalue weighted by molar-refractivity contribution is 0.302. The molecule has 1 aliphatic rings. The molecule has 0 saturated carbocycles. The minimum absolute atomic E-state index is 0.205. The Balaban J connectivity index is 1.74. The van der Waals surface area contributed by atoms with Crippen LogP contribution in [0.2, 0.25) is 0 Å². The summed E-state index contributed by atoms with van der Waals surface area (Å²) >= 11 is 0. The molecule has 5 heteroatoms. The highest BCUT2D eigenvalue weighted by molar-refractivity contribution is 5.35. The monoisotopic (exact) mass is 332 g/mol. The Kier molecular flexibility index (Phi) is 5.43. The van der Waals surface area contributed by atoms with E-state index in [1.54, 1.807) is 0 Å². The van der Waals surface area contributed by atoms with Crippen LogP contribution in [0.25, 0.3) is 0 Å². The average Bonchev–Trinajstić information content (AvgIpc) is 2.63. The normalized spacial score (nSPS) is 20.8. The van der Waals surface area contributed by atoms with E-state index in [-0.39, 0.29) is 12.1 Å². The fourth-order valence-corrected chi connectivity index (χ4v) is 3.26. The molecule has 3 nitrogen and oxygen atoms in total. The number of rotatable bonds is 5. The van der Waals surface area contributed by atoms with Crippen molar-refractivity contribution in [2.24, 2.45) is 0 Å². The van der Waals surface area contributed by atoms with Crippen molar-refractivity contribution in [2.45, 2.75) is 31.5 Å². The van der Waals surface area contributed by atoms with Gasteiger partial charge in [0.05, 0.1) is 7.11 Å². The summed E-state index contributed by atoms with van der Waals surface area (Å²) in [6.07, 6.45) is 2.11. The van der Waals surface area contributed by atoms with Crippen LogP contribution in [-0.4, -0.2) is 19.7 Å². The molecule has 2 aromatic carbocycles. The van der Waals surface area contributed by atoms with Crippen LogP contribution in [0.15, 0.2) is 42.5 Å². The molecule has 1 fully saturated rings. The predicted molar refractivity (Wildman–Crippen MR) is 90.0 cm³/mol. The highest BCUT2D eigenvalue weighted by Gasteiger charge is 2.26. The van der Waals surface area contributed by atoms with Gasteiger partial charge in [-0.3, -0.25) is 0 Å². The van der Waals surface area contributed by atoms with E-state index in [0.717, 1.165) is 25.5 Å². The van der Waals surface area contributed by atoms with E-state index in [1.807, 2.05) is 18.2 Å². The Morgan fingerprint density at radius 1 is 1.17 bits per heavy atom. The van der Waals surface area contributed by atoms with Gasteiger partial charge in [-0.1, -0.05) is 30.3 Å². The minimum Gasteiger partial charge on any atom is -0.496 e. The maximum absolute atomic E-state index is 13.5. The van der Waals surface area contributed by atoms with Gasteiger partial charge in [-0.2, -0.15) is 0 Å². The zero-order chi connectivity index (χ0) is 16.9. The van der Waals surface area contributed by atoms with Gasteiger partial charge in [0.2, 0.25) is 0 Å². The molecule has 2 atom stereocenters. The standard InChI is InChI=1S/C19H22F2N2O/c1-24-18-11-16(21)15(20)10-14(18)12-23-17-8-5-9-22-19(17)13-6-3-2-4-7-13/h2-4,6-7,10-11,17,19,22-23H,5,8-9,12H2,1H3/t17-,19-/m1/s1. The van der Waals surface area contributed by atoms with Crippen molar-refractivity contribution in [1.82, 2.24) is 10.6 Å². The zero-order valence-electron chi connectivity index (χ0n) is 13.7. The maximum Gasteiger partial charge on any atom is 0.162 e. The van der Waals surface area contributed by atoms with Gasteiger partial charge in [0.25, 0.3) is 0 Å². The van der Waals surface area contributed by atoms with Crippen LogP contribution in [0.5, 0.6) is 5.75 Å². The lowest BCUT2D eigenvalue weighted by atomic mass is 9.92. The summed E-state index contributed by atoms with van der Waals surface area (Å²) in [4.78, 5) is 0. The third-order valence-electron chi connectivity index (χ3n) is 4.50. The zero-order valence-corrected chi connectivity index (χ0v) is 13.7. The first-order valence-electron chi connectivity index (χ1n) is 8.22. The van der Waals surface area contributed by atoms with E-state index in [0.29, 0.717) is 17.9 Å². The van der Waals surface area contributed by atoms with Gasteiger partial charge < -0.3 is 15.4 Å². The maximum atomic E-state index is 13.5. The first kappa shape index (κ1) is 16.9. The molecule has 0 radical (unpaired) electrons. The number of methoxy groups -OCH3 is 1. The van der Waals surface area contributed by atoms with Crippen molar-refractivity contribution < 1.29 is 13.5 Å². The van der Waals surface area contributed by atoms with Crippen LogP contribution in [-0.2, 0) is 6.54 Å². The lowest BCUT2D eigenvalue weighted by Crippen LogP contribution is -2.45. The topological polar surface area (TPSA) is 33.3 Å². The van der Waals surface area contributed by atoms with Crippen LogP contribution in [0.1, 0.15) is 30.0 Å². The summed E-state index contributed by atoms with van der Waals surface area (Å²) in [5, 5.41) is 7.02. The molecule has 0 amide bonds. The van der Waals surface area contributed by atoms with E-state index in [4.69, 9.17) is 4.74 Å². The Labute approximate surface area is 141 Å². The highest BCUT2D eigenvalue weighted by atomic mass is 19.2. The smallest absolute Gasteiger partial charge is 0.162 e. The van der Waals surface area contributed by atoms with E-state index in [2.05, 4.69) is 22.8 Å².